The molecule has 0 saturated carbocycles. The summed E-state index contributed by atoms with van der Waals surface area (Å²) in [5.41, 5.74) is 2.45. The number of anilines is 3. The number of ketones is 1. The number of rotatable bonds is 3. The maximum atomic E-state index is 12.9. The molecule has 2 heterocycles. The molecule has 26 heavy (non-hydrogen) atoms. The number of hydrogen-bond acceptors (Lipinski definition) is 5. The molecular weight excluding hydrogens is 324 g/mol. The van der Waals surface area contributed by atoms with Gasteiger partial charge in [-0.2, -0.15) is 4.98 Å². The van der Waals surface area contributed by atoms with Crippen LogP contribution in [0.4, 0.5) is 17.5 Å². The van der Waals surface area contributed by atoms with Gasteiger partial charge in [-0.1, -0.05) is 32.0 Å². The van der Waals surface area contributed by atoms with Crippen LogP contribution in [0.15, 0.2) is 30.3 Å². The maximum Gasteiger partial charge on any atom is 0.227 e. The summed E-state index contributed by atoms with van der Waals surface area (Å²) in [5, 5.41) is 3.37. The van der Waals surface area contributed by atoms with Crippen molar-refractivity contribution in [3.05, 3.63) is 41.6 Å². The van der Waals surface area contributed by atoms with Crippen molar-refractivity contribution in [2.24, 2.45) is 5.41 Å². The van der Waals surface area contributed by atoms with Crippen LogP contribution < -0.4 is 10.2 Å². The molecule has 2 aliphatic rings. The summed E-state index contributed by atoms with van der Waals surface area (Å²) in [5.74, 6) is 1.55. The van der Waals surface area contributed by atoms with E-state index in [1.54, 1.807) is 0 Å². The van der Waals surface area contributed by atoms with Crippen molar-refractivity contribution in [1.82, 2.24) is 9.97 Å². The molecular formula is C21H26N4O. The zero-order valence-corrected chi connectivity index (χ0v) is 15.6. The Kier molecular flexibility index (Phi) is 4.39. The molecule has 0 unspecified atom stereocenters. The molecule has 1 aliphatic heterocycles. The smallest absolute Gasteiger partial charge is 0.227 e. The fourth-order valence-corrected chi connectivity index (χ4v) is 3.94. The highest BCUT2D eigenvalue weighted by atomic mass is 16.1. The number of fused-ring (bicyclic) bond motifs is 1. The molecule has 0 bridgehead atoms. The lowest BCUT2D eigenvalue weighted by molar-refractivity contribution is 0.0911. The van der Waals surface area contributed by atoms with Crippen LogP contribution in [0.5, 0.6) is 0 Å². The first-order chi connectivity index (χ1) is 12.5. The second kappa shape index (κ2) is 6.71. The van der Waals surface area contributed by atoms with Crippen molar-refractivity contribution in [2.75, 3.05) is 23.3 Å². The van der Waals surface area contributed by atoms with Crippen LogP contribution in [-0.4, -0.2) is 28.8 Å². The third-order valence-electron chi connectivity index (χ3n) is 5.21. The molecule has 0 atom stereocenters. The Labute approximate surface area is 154 Å². The van der Waals surface area contributed by atoms with Gasteiger partial charge in [-0.25, -0.2) is 4.98 Å². The molecule has 1 N–H and O–H groups in total. The average molecular weight is 350 g/mol. The molecule has 0 amide bonds. The summed E-state index contributed by atoms with van der Waals surface area (Å²) in [7, 11) is 0. The summed E-state index contributed by atoms with van der Waals surface area (Å²) in [6, 6.07) is 9.92. The van der Waals surface area contributed by atoms with Gasteiger partial charge in [0.2, 0.25) is 5.95 Å². The number of benzene rings is 1. The quantitative estimate of drug-likeness (QED) is 0.891. The minimum atomic E-state index is -0.0539. The molecule has 1 aliphatic carbocycles. The van der Waals surface area contributed by atoms with Crippen LogP contribution in [-0.2, 0) is 6.42 Å². The van der Waals surface area contributed by atoms with Gasteiger partial charge in [0.05, 0.1) is 11.3 Å². The molecule has 2 aromatic rings. The van der Waals surface area contributed by atoms with Crippen molar-refractivity contribution >= 4 is 23.2 Å². The zero-order valence-electron chi connectivity index (χ0n) is 15.6. The highest BCUT2D eigenvalue weighted by Crippen LogP contribution is 2.38. The largest absolute Gasteiger partial charge is 0.341 e. The third-order valence-corrected chi connectivity index (χ3v) is 5.21. The van der Waals surface area contributed by atoms with Gasteiger partial charge in [0.1, 0.15) is 5.82 Å². The van der Waals surface area contributed by atoms with Crippen molar-refractivity contribution in [2.45, 2.75) is 46.0 Å². The predicted molar refractivity (Wildman–Crippen MR) is 104 cm³/mol. The SMILES string of the molecule is CC1(C)CC(=O)c2c(nc(N3CCCCC3)nc2Nc2ccccc2)C1. The summed E-state index contributed by atoms with van der Waals surface area (Å²) < 4.78 is 0. The summed E-state index contributed by atoms with van der Waals surface area (Å²) in [6.07, 6.45) is 4.96. The van der Waals surface area contributed by atoms with Crippen molar-refractivity contribution in [3.8, 4) is 0 Å². The molecule has 0 spiro atoms. The third kappa shape index (κ3) is 3.43. The molecule has 1 aromatic heterocycles. The lowest BCUT2D eigenvalue weighted by Gasteiger charge is -2.32. The maximum absolute atomic E-state index is 12.9. The van der Waals surface area contributed by atoms with Gasteiger partial charge in [-0.3, -0.25) is 4.79 Å². The van der Waals surface area contributed by atoms with E-state index >= 15 is 0 Å². The van der Waals surface area contributed by atoms with Crippen LogP contribution in [0, 0.1) is 5.41 Å². The van der Waals surface area contributed by atoms with E-state index in [1.165, 1.54) is 19.3 Å². The van der Waals surface area contributed by atoms with E-state index in [0.29, 0.717) is 17.8 Å². The van der Waals surface area contributed by atoms with E-state index in [2.05, 4.69) is 24.1 Å². The van der Waals surface area contributed by atoms with E-state index in [-0.39, 0.29) is 11.2 Å². The normalized spacial score (nSPS) is 19.2. The fraction of sp³-hybridized carbons (Fsp3) is 0.476. The van der Waals surface area contributed by atoms with Gasteiger partial charge in [0, 0.05) is 25.2 Å². The lowest BCUT2D eigenvalue weighted by atomic mass is 9.75. The number of nitrogens with one attached hydrogen (secondary N) is 1. The average Bonchev–Trinajstić information content (AvgIpc) is 2.61. The monoisotopic (exact) mass is 350 g/mol. The molecule has 4 rings (SSSR count). The lowest BCUT2D eigenvalue weighted by Crippen LogP contribution is -2.34. The van der Waals surface area contributed by atoms with Crippen molar-refractivity contribution in [3.63, 3.8) is 0 Å². The highest BCUT2D eigenvalue weighted by molar-refractivity contribution is 6.03. The first kappa shape index (κ1) is 17.0. The Balaban J connectivity index is 1.78. The van der Waals surface area contributed by atoms with E-state index < -0.39 is 0 Å². The molecule has 1 fully saturated rings. The second-order valence-electron chi connectivity index (χ2n) is 8.17. The van der Waals surface area contributed by atoms with Crippen molar-refractivity contribution < 1.29 is 4.79 Å². The van der Waals surface area contributed by atoms with Gasteiger partial charge in [-0.05, 0) is 43.2 Å². The first-order valence-electron chi connectivity index (χ1n) is 9.53. The number of hydrogen-bond donors (Lipinski definition) is 1. The number of nitrogens with zero attached hydrogens (tertiary/aromatic N) is 3. The van der Waals surface area contributed by atoms with Crippen LogP contribution in [0.2, 0.25) is 0 Å². The number of carbonyl (C=O) groups excluding carboxylic acids is 1. The topological polar surface area (TPSA) is 58.1 Å². The van der Waals surface area contributed by atoms with Gasteiger partial charge >= 0.3 is 0 Å². The molecule has 5 nitrogen and oxygen atoms in total. The summed E-state index contributed by atoms with van der Waals surface area (Å²) in [4.78, 5) is 24.7. The van der Waals surface area contributed by atoms with Crippen LogP contribution >= 0.6 is 0 Å². The highest BCUT2D eigenvalue weighted by Gasteiger charge is 2.35. The molecule has 5 heteroatoms. The second-order valence-corrected chi connectivity index (χ2v) is 8.17. The van der Waals surface area contributed by atoms with Crippen LogP contribution in [0.3, 0.4) is 0 Å². The number of aromatic nitrogens is 2. The number of para-hydroxylation sites is 1. The molecule has 1 saturated heterocycles. The Hall–Kier alpha value is -2.43. The zero-order chi connectivity index (χ0) is 18.1. The van der Waals surface area contributed by atoms with E-state index in [9.17, 15) is 4.79 Å². The number of piperidine rings is 1. The van der Waals surface area contributed by atoms with E-state index in [4.69, 9.17) is 9.97 Å². The molecule has 1 aromatic carbocycles. The Morgan fingerprint density at radius 2 is 1.73 bits per heavy atom. The number of Topliss-reactive ketones (excluding diaryl/α,β-unsaturated/α-hetero) is 1. The summed E-state index contributed by atoms with van der Waals surface area (Å²) in [6.45, 7) is 6.25. The molecule has 136 valence electrons. The standard InChI is InChI=1S/C21H26N4O/c1-21(2)13-16-18(17(26)14-21)19(22-15-9-5-3-6-10-15)24-20(23-16)25-11-7-4-8-12-25/h3,5-6,9-10H,4,7-8,11-14H2,1-2H3,(H,22,23,24). The predicted octanol–water partition coefficient (Wildman–Crippen LogP) is 4.37. The van der Waals surface area contributed by atoms with E-state index in [1.807, 2.05) is 30.3 Å². The van der Waals surface area contributed by atoms with Gasteiger partial charge in [-0.15, -0.1) is 0 Å². The van der Waals surface area contributed by atoms with Crippen molar-refractivity contribution in [1.29, 1.82) is 0 Å². The molecule has 0 radical (unpaired) electrons. The van der Waals surface area contributed by atoms with Gasteiger partial charge in [0.15, 0.2) is 5.78 Å². The Morgan fingerprint density at radius 3 is 2.46 bits per heavy atom. The van der Waals surface area contributed by atoms with Gasteiger partial charge < -0.3 is 10.2 Å². The van der Waals surface area contributed by atoms with Gasteiger partial charge in [0.25, 0.3) is 0 Å². The minimum absolute atomic E-state index is 0.0539. The first-order valence-corrected chi connectivity index (χ1v) is 9.53. The summed E-state index contributed by atoms with van der Waals surface area (Å²) >= 11 is 0. The van der Waals surface area contributed by atoms with Crippen LogP contribution in [0.1, 0.15) is 55.6 Å². The fourth-order valence-electron chi connectivity index (χ4n) is 3.94. The van der Waals surface area contributed by atoms with Crippen LogP contribution in [0.25, 0.3) is 0 Å². The number of carbonyl (C=O) groups is 1. The van der Waals surface area contributed by atoms with E-state index in [0.717, 1.165) is 36.8 Å². The minimum Gasteiger partial charge on any atom is -0.341 e. The Morgan fingerprint density at radius 1 is 1.00 bits per heavy atom. The Bertz CT molecular complexity index is 810.